The first-order valence-electron chi connectivity index (χ1n) is 8.19. The molecule has 26 heavy (non-hydrogen) atoms. The standard InChI is InChI=1S/C19H18N2O5/c22-17(20-13-9-7-12(8-10-13)19(24)25)14-4-1-2-5-15(14)21-18(23)16-6-3-11-26-16/h1-2,4-5,7-10,16H,3,6,11H2,(H,20,22)(H,21,23)(H,24,25)/p-1/t16-/m1/s1. The average Bonchev–Trinajstić information content (AvgIpc) is 3.17. The van der Waals surface area contributed by atoms with Crippen LogP contribution in [0.2, 0.25) is 0 Å². The molecule has 1 heterocycles. The van der Waals surface area contributed by atoms with Gasteiger partial charge >= 0.3 is 0 Å². The molecule has 1 aliphatic heterocycles. The molecule has 2 amide bonds. The van der Waals surface area contributed by atoms with Crippen molar-refractivity contribution in [2.45, 2.75) is 18.9 Å². The van der Waals surface area contributed by atoms with Crippen molar-refractivity contribution >= 4 is 29.2 Å². The summed E-state index contributed by atoms with van der Waals surface area (Å²) in [7, 11) is 0. The molecular weight excluding hydrogens is 336 g/mol. The Morgan fingerprint density at radius 2 is 1.73 bits per heavy atom. The maximum atomic E-state index is 12.5. The fraction of sp³-hybridized carbons (Fsp3) is 0.211. The van der Waals surface area contributed by atoms with Crippen molar-refractivity contribution in [1.29, 1.82) is 0 Å². The van der Waals surface area contributed by atoms with Gasteiger partial charge in [0.05, 0.1) is 17.2 Å². The van der Waals surface area contributed by atoms with E-state index in [2.05, 4.69) is 10.6 Å². The van der Waals surface area contributed by atoms with E-state index in [0.717, 1.165) is 6.42 Å². The summed E-state index contributed by atoms with van der Waals surface area (Å²) in [5, 5.41) is 16.2. The third-order valence-corrected chi connectivity index (χ3v) is 4.03. The Labute approximate surface area is 150 Å². The van der Waals surface area contributed by atoms with Crippen LogP contribution in [0.25, 0.3) is 0 Å². The lowest BCUT2D eigenvalue weighted by atomic mass is 10.1. The number of aromatic carboxylic acids is 1. The lowest BCUT2D eigenvalue weighted by molar-refractivity contribution is -0.255. The van der Waals surface area contributed by atoms with E-state index in [1.54, 1.807) is 24.3 Å². The predicted molar refractivity (Wildman–Crippen MR) is 92.8 cm³/mol. The van der Waals surface area contributed by atoms with Crippen molar-refractivity contribution < 1.29 is 24.2 Å². The highest BCUT2D eigenvalue weighted by molar-refractivity contribution is 6.10. The number of hydrogen-bond acceptors (Lipinski definition) is 5. The summed E-state index contributed by atoms with van der Waals surface area (Å²) >= 11 is 0. The van der Waals surface area contributed by atoms with Crippen molar-refractivity contribution in [3.63, 3.8) is 0 Å². The molecular formula is C19H17N2O5-. The van der Waals surface area contributed by atoms with Crippen LogP contribution in [0.1, 0.15) is 33.6 Å². The predicted octanol–water partition coefficient (Wildman–Crippen LogP) is 1.42. The molecule has 2 aromatic rings. The van der Waals surface area contributed by atoms with Crippen molar-refractivity contribution in [2.75, 3.05) is 17.2 Å². The molecule has 134 valence electrons. The summed E-state index contributed by atoms with van der Waals surface area (Å²) < 4.78 is 5.35. The van der Waals surface area contributed by atoms with Crippen LogP contribution in [0.5, 0.6) is 0 Å². The van der Waals surface area contributed by atoms with Gasteiger partial charge in [-0.1, -0.05) is 24.3 Å². The molecule has 7 nitrogen and oxygen atoms in total. The topological polar surface area (TPSA) is 108 Å². The Morgan fingerprint density at radius 1 is 1.00 bits per heavy atom. The summed E-state index contributed by atoms with van der Waals surface area (Å²) in [6.07, 6.45) is 0.996. The second-order valence-electron chi connectivity index (χ2n) is 5.86. The highest BCUT2D eigenvalue weighted by Crippen LogP contribution is 2.20. The van der Waals surface area contributed by atoms with Gasteiger partial charge in [0.2, 0.25) is 0 Å². The number of para-hydroxylation sites is 1. The number of carboxylic acid groups (broad SMARTS) is 1. The van der Waals surface area contributed by atoms with E-state index < -0.39 is 18.0 Å². The van der Waals surface area contributed by atoms with Crippen molar-refractivity contribution in [3.05, 3.63) is 59.7 Å². The number of carbonyl (C=O) groups excluding carboxylic acids is 3. The SMILES string of the molecule is O=C([O-])c1ccc(NC(=O)c2ccccc2NC(=O)[C@H]2CCCO2)cc1. The Morgan fingerprint density at radius 3 is 2.38 bits per heavy atom. The third kappa shape index (κ3) is 4.07. The normalized spacial score (nSPS) is 16.1. The molecule has 1 fully saturated rings. The first kappa shape index (κ1) is 17.6. The van der Waals surface area contributed by atoms with E-state index in [4.69, 9.17) is 4.74 Å². The second-order valence-corrected chi connectivity index (χ2v) is 5.86. The molecule has 0 aliphatic carbocycles. The van der Waals surface area contributed by atoms with Gasteiger partial charge in [-0.25, -0.2) is 0 Å². The number of ether oxygens (including phenoxy) is 1. The number of amides is 2. The van der Waals surface area contributed by atoms with Crippen LogP contribution in [0, 0.1) is 0 Å². The Kier molecular flexibility index (Phi) is 5.28. The fourth-order valence-electron chi connectivity index (χ4n) is 2.68. The highest BCUT2D eigenvalue weighted by atomic mass is 16.5. The Bertz CT molecular complexity index is 826. The molecule has 0 unspecified atom stereocenters. The van der Waals surface area contributed by atoms with E-state index in [1.165, 1.54) is 24.3 Å². The zero-order valence-corrected chi connectivity index (χ0v) is 13.9. The lowest BCUT2D eigenvalue weighted by Gasteiger charge is -2.14. The molecule has 0 bridgehead atoms. The quantitative estimate of drug-likeness (QED) is 0.845. The molecule has 0 radical (unpaired) electrons. The van der Waals surface area contributed by atoms with Gasteiger partial charge in [0.1, 0.15) is 6.10 Å². The number of nitrogens with one attached hydrogen (secondary N) is 2. The van der Waals surface area contributed by atoms with E-state index in [-0.39, 0.29) is 11.5 Å². The van der Waals surface area contributed by atoms with Crippen LogP contribution in [0.4, 0.5) is 11.4 Å². The maximum Gasteiger partial charge on any atom is 0.257 e. The van der Waals surface area contributed by atoms with Gasteiger partial charge in [0, 0.05) is 12.3 Å². The van der Waals surface area contributed by atoms with Crippen LogP contribution in [0.3, 0.4) is 0 Å². The summed E-state index contributed by atoms with van der Waals surface area (Å²) in [4.78, 5) is 35.5. The summed E-state index contributed by atoms with van der Waals surface area (Å²) in [6.45, 7) is 0.558. The van der Waals surface area contributed by atoms with E-state index in [1.807, 2.05) is 0 Å². The number of hydrogen-bond donors (Lipinski definition) is 2. The Hall–Kier alpha value is -3.19. The molecule has 7 heteroatoms. The molecule has 2 N–H and O–H groups in total. The van der Waals surface area contributed by atoms with Gasteiger partial charge in [-0.15, -0.1) is 0 Å². The summed E-state index contributed by atoms with van der Waals surface area (Å²) in [6, 6.07) is 12.3. The number of carbonyl (C=O) groups is 3. The van der Waals surface area contributed by atoms with Gasteiger partial charge in [-0.3, -0.25) is 9.59 Å². The first-order chi connectivity index (χ1) is 12.5. The first-order valence-corrected chi connectivity index (χ1v) is 8.19. The highest BCUT2D eigenvalue weighted by Gasteiger charge is 2.24. The van der Waals surface area contributed by atoms with Crippen LogP contribution < -0.4 is 15.7 Å². The fourth-order valence-corrected chi connectivity index (χ4v) is 2.68. The number of rotatable bonds is 5. The number of benzene rings is 2. The van der Waals surface area contributed by atoms with Gasteiger partial charge < -0.3 is 25.3 Å². The van der Waals surface area contributed by atoms with Gasteiger partial charge in [-0.2, -0.15) is 0 Å². The number of carboxylic acids is 1. The molecule has 1 saturated heterocycles. The van der Waals surface area contributed by atoms with Crippen LogP contribution in [-0.2, 0) is 9.53 Å². The zero-order valence-electron chi connectivity index (χ0n) is 13.9. The molecule has 0 saturated carbocycles. The smallest absolute Gasteiger partial charge is 0.257 e. The lowest BCUT2D eigenvalue weighted by Crippen LogP contribution is -2.28. The second kappa shape index (κ2) is 7.79. The third-order valence-electron chi connectivity index (χ3n) is 4.03. The summed E-state index contributed by atoms with van der Waals surface area (Å²) in [5.74, 6) is -1.99. The van der Waals surface area contributed by atoms with E-state index in [9.17, 15) is 19.5 Å². The van der Waals surface area contributed by atoms with Gasteiger partial charge in [0.15, 0.2) is 0 Å². The van der Waals surface area contributed by atoms with Crippen LogP contribution >= 0.6 is 0 Å². The molecule has 0 aromatic heterocycles. The Balaban J connectivity index is 1.72. The molecule has 3 rings (SSSR count). The minimum atomic E-state index is -1.29. The summed E-state index contributed by atoms with van der Waals surface area (Å²) in [5.41, 5.74) is 1.13. The average molecular weight is 353 g/mol. The minimum absolute atomic E-state index is 0.0206. The largest absolute Gasteiger partial charge is 0.545 e. The van der Waals surface area contributed by atoms with Gasteiger partial charge in [-0.05, 0) is 42.7 Å². The number of anilines is 2. The molecule has 0 spiro atoms. The maximum absolute atomic E-state index is 12.5. The van der Waals surface area contributed by atoms with E-state index in [0.29, 0.717) is 30.0 Å². The van der Waals surface area contributed by atoms with Crippen molar-refractivity contribution in [3.8, 4) is 0 Å². The van der Waals surface area contributed by atoms with Crippen LogP contribution in [0.15, 0.2) is 48.5 Å². The monoisotopic (exact) mass is 353 g/mol. The van der Waals surface area contributed by atoms with Gasteiger partial charge in [0.25, 0.3) is 11.8 Å². The molecule has 1 aliphatic rings. The zero-order chi connectivity index (χ0) is 18.5. The molecule has 2 aromatic carbocycles. The van der Waals surface area contributed by atoms with E-state index >= 15 is 0 Å². The minimum Gasteiger partial charge on any atom is -0.545 e. The van der Waals surface area contributed by atoms with Crippen molar-refractivity contribution in [2.24, 2.45) is 0 Å². The van der Waals surface area contributed by atoms with Crippen LogP contribution in [-0.4, -0.2) is 30.5 Å². The van der Waals surface area contributed by atoms with Crippen molar-refractivity contribution in [1.82, 2.24) is 0 Å². The molecule has 1 atom stereocenters.